The molecule has 0 unspecified atom stereocenters. The van der Waals surface area contributed by atoms with E-state index in [1.807, 2.05) is 0 Å². The van der Waals surface area contributed by atoms with Gasteiger partial charge in [0.1, 0.15) is 0 Å². The van der Waals surface area contributed by atoms with Crippen LogP contribution in [0.4, 0.5) is 0 Å². The highest BCUT2D eigenvalue weighted by atomic mass is 28.6. The Hall–Kier alpha value is 1.10. The van der Waals surface area contributed by atoms with Crippen LogP contribution in [0.1, 0.15) is 0 Å². The maximum absolute atomic E-state index is 4.35. The van der Waals surface area contributed by atoms with Gasteiger partial charge >= 0.3 is 0 Å². The fourth-order valence-corrected chi connectivity index (χ4v) is 67.0. The number of rotatable bonds is 0. The van der Waals surface area contributed by atoms with Crippen LogP contribution >= 0.6 is 0 Å². The highest BCUT2D eigenvalue weighted by molar-refractivity contribution is 7.18. The van der Waals surface area contributed by atoms with Gasteiger partial charge in [0.25, 0.3) is 0 Å². The number of hydrogen-bond donors (Lipinski definition) is 3. The van der Waals surface area contributed by atoms with E-state index in [4.69, 9.17) is 0 Å². The van der Waals surface area contributed by atoms with Crippen molar-refractivity contribution in [2.45, 2.75) is 78.6 Å². The molecule has 0 saturated carbocycles. The molecule has 3 aliphatic rings. The first-order valence-electron chi connectivity index (χ1n) is 8.84. The second kappa shape index (κ2) is 5.31. The summed E-state index contributed by atoms with van der Waals surface area (Å²) in [5, 5.41) is 0. The average Bonchev–Trinajstić information content (AvgIpc) is 2.00. The van der Waals surface area contributed by atoms with E-state index in [0.29, 0.717) is 0 Å². The first-order chi connectivity index (χ1) is 9.85. The van der Waals surface area contributed by atoms with Crippen molar-refractivity contribution in [2.24, 2.45) is 0 Å². The normalized spacial score (nSPS) is 39.1. The molecule has 23 heavy (non-hydrogen) atoms. The maximum atomic E-state index is 4.35. The Bertz CT molecular complexity index is 391. The molecule has 0 aromatic carbocycles. The molecular weight excluding hydrogens is 383 g/mol. The third kappa shape index (κ3) is 3.39. The van der Waals surface area contributed by atoms with Crippen molar-refractivity contribution in [1.82, 2.24) is 21.7 Å². The minimum Gasteiger partial charge on any atom is -0.337 e. The maximum Gasteiger partial charge on any atom is 0.180 e. The predicted molar refractivity (Wildman–Crippen MR) is 118 cm³/mol. The molecule has 0 aliphatic carbocycles. The lowest BCUT2D eigenvalue weighted by molar-refractivity contribution is 0.717. The number of nitrogens with zero attached hydrogens (tertiary/aromatic N) is 2. The zero-order chi connectivity index (χ0) is 18.3. The van der Waals surface area contributed by atoms with Gasteiger partial charge in [-0.2, -0.15) is 0 Å². The minimum atomic E-state index is -1.68. The molecule has 0 amide bonds. The van der Waals surface area contributed by atoms with E-state index in [0.717, 1.165) is 0 Å². The first kappa shape index (κ1) is 20.4. The lowest BCUT2D eigenvalue weighted by Crippen LogP contribution is -3.00. The third-order valence-corrected chi connectivity index (χ3v) is 46.7. The van der Waals surface area contributed by atoms with Gasteiger partial charge in [0.15, 0.2) is 50.4 Å². The van der Waals surface area contributed by atoms with Crippen LogP contribution in [0, 0.1) is 0 Å². The fraction of sp³-hybridized carbons (Fsp3) is 1.00. The van der Waals surface area contributed by atoms with Crippen molar-refractivity contribution < 1.29 is 0 Å². The summed E-state index contributed by atoms with van der Waals surface area (Å²) in [4.78, 5) is 0. The highest BCUT2D eigenvalue weighted by Gasteiger charge is 2.64. The van der Waals surface area contributed by atoms with Crippen LogP contribution in [0.2, 0.25) is 78.6 Å². The Morgan fingerprint density at radius 3 is 0.609 bits per heavy atom. The van der Waals surface area contributed by atoms with Crippen molar-refractivity contribution in [3.8, 4) is 0 Å². The molecule has 0 spiro atoms. The van der Waals surface area contributed by atoms with Gasteiger partial charge in [-0.25, -0.2) is 0 Å². The molecular formula is C12H39N5Si6. The molecule has 0 atom stereocenters. The zero-order valence-electron chi connectivity index (χ0n) is 17.4. The summed E-state index contributed by atoms with van der Waals surface area (Å²) in [7, 11) is -10.1. The molecule has 11 heteroatoms. The van der Waals surface area contributed by atoms with Crippen LogP contribution in [0.5, 0.6) is 0 Å². The molecule has 3 aliphatic heterocycles. The second-order valence-electron chi connectivity index (χ2n) is 10.4. The van der Waals surface area contributed by atoms with Crippen molar-refractivity contribution in [1.29, 1.82) is 0 Å². The predicted octanol–water partition coefficient (Wildman–Crippen LogP) is 2.60. The minimum absolute atomic E-state index is 1.68. The number of nitrogens with one attached hydrogen (secondary N) is 3. The molecule has 3 heterocycles. The molecule has 3 saturated heterocycles. The Labute approximate surface area is 150 Å². The molecule has 5 nitrogen and oxygen atoms in total. The van der Waals surface area contributed by atoms with Crippen LogP contribution in [-0.2, 0) is 0 Å². The van der Waals surface area contributed by atoms with E-state index < -0.39 is 50.4 Å². The average molecular weight is 422 g/mol. The molecule has 0 aromatic heterocycles. The van der Waals surface area contributed by atoms with E-state index in [2.05, 4.69) is 100 Å². The molecule has 3 N–H and O–H groups in total. The Morgan fingerprint density at radius 2 is 0.478 bits per heavy atom. The number of fused-ring (bicyclic) bond motifs is 6. The molecule has 0 radical (unpaired) electrons. The summed E-state index contributed by atoms with van der Waals surface area (Å²) in [6.07, 6.45) is 0. The Kier molecular flexibility index (Phi) is 4.71. The quantitative estimate of drug-likeness (QED) is 0.525. The van der Waals surface area contributed by atoms with Crippen LogP contribution in [0.25, 0.3) is 0 Å². The second-order valence-corrected chi connectivity index (χ2v) is 37.5. The van der Waals surface area contributed by atoms with Crippen LogP contribution < -0.4 is 13.9 Å². The highest BCUT2D eigenvalue weighted by Crippen LogP contribution is 2.36. The zero-order valence-corrected chi connectivity index (χ0v) is 23.4. The summed E-state index contributed by atoms with van der Waals surface area (Å²) in [5.74, 6) is 0. The van der Waals surface area contributed by atoms with Crippen molar-refractivity contribution in [3.05, 3.63) is 0 Å². The summed E-state index contributed by atoms with van der Waals surface area (Å²) < 4.78 is 19.2. The molecule has 3 fully saturated rings. The fourth-order valence-electron chi connectivity index (χ4n) is 6.77. The molecule has 2 bridgehead atoms. The van der Waals surface area contributed by atoms with Gasteiger partial charge in [0.05, 0.1) is 0 Å². The Morgan fingerprint density at radius 1 is 0.348 bits per heavy atom. The molecule has 3 rings (SSSR count). The van der Waals surface area contributed by atoms with Gasteiger partial charge in [-0.15, -0.1) is 0 Å². The largest absolute Gasteiger partial charge is 0.337 e. The first-order valence-corrected chi connectivity index (χ1v) is 26.5. The SMILES string of the molecule is C[Si]1(C)N[Si](C)(C)N2[Si](C)(C)N[Si](C)(C)N1[Si](C)(C)N[Si]2(C)C. The summed E-state index contributed by atoms with van der Waals surface area (Å²) in [6.45, 7) is 30.6. The van der Waals surface area contributed by atoms with Crippen molar-refractivity contribution in [3.63, 3.8) is 0 Å². The third-order valence-electron chi connectivity index (χ3n) is 5.19. The van der Waals surface area contributed by atoms with Crippen molar-refractivity contribution >= 4 is 50.4 Å². The standard InChI is InChI=1S/C12H39N5Si6/c1-18(2)13-19(3,4)17-22(9,10)14-20(5,6)16(18)21(7,8)15-23(17,11)12/h13-15H,1-12H3. The molecule has 136 valence electrons. The van der Waals surface area contributed by atoms with E-state index in [1.54, 1.807) is 0 Å². The van der Waals surface area contributed by atoms with E-state index in [-0.39, 0.29) is 0 Å². The smallest absolute Gasteiger partial charge is 0.180 e. The lowest BCUT2D eigenvalue weighted by Gasteiger charge is -2.69. The lowest BCUT2D eigenvalue weighted by atomic mass is 11.9. The van der Waals surface area contributed by atoms with Gasteiger partial charge in [0.2, 0.25) is 0 Å². The topological polar surface area (TPSA) is 42.6 Å². The summed E-state index contributed by atoms with van der Waals surface area (Å²) in [5.41, 5.74) is 0. The summed E-state index contributed by atoms with van der Waals surface area (Å²) in [6, 6.07) is 0. The van der Waals surface area contributed by atoms with Gasteiger partial charge in [-0.3, -0.25) is 0 Å². The van der Waals surface area contributed by atoms with Crippen LogP contribution in [-0.4, -0.2) is 58.2 Å². The molecule has 0 aromatic rings. The van der Waals surface area contributed by atoms with E-state index in [9.17, 15) is 0 Å². The Balaban J connectivity index is 2.80. The van der Waals surface area contributed by atoms with Gasteiger partial charge in [-0.05, 0) is 78.6 Å². The van der Waals surface area contributed by atoms with E-state index >= 15 is 0 Å². The van der Waals surface area contributed by atoms with Gasteiger partial charge in [0, 0.05) is 0 Å². The summed E-state index contributed by atoms with van der Waals surface area (Å²) >= 11 is 0. The van der Waals surface area contributed by atoms with Gasteiger partial charge < -0.3 is 21.7 Å². The van der Waals surface area contributed by atoms with Crippen molar-refractivity contribution in [2.75, 3.05) is 0 Å². The van der Waals surface area contributed by atoms with E-state index in [1.165, 1.54) is 0 Å². The van der Waals surface area contributed by atoms with Gasteiger partial charge in [-0.1, -0.05) is 0 Å². The van der Waals surface area contributed by atoms with Crippen LogP contribution in [0.3, 0.4) is 0 Å². The number of hydrogen-bond acceptors (Lipinski definition) is 5. The monoisotopic (exact) mass is 421 g/mol. The van der Waals surface area contributed by atoms with Crippen LogP contribution in [0.15, 0.2) is 0 Å².